The van der Waals surface area contributed by atoms with Gasteiger partial charge in [0, 0.05) is 37.3 Å². The summed E-state index contributed by atoms with van der Waals surface area (Å²) in [6, 6.07) is 1.51. The molecule has 0 aromatic rings. The van der Waals surface area contributed by atoms with Crippen LogP contribution in [0.25, 0.3) is 0 Å². The molecule has 0 aromatic heterocycles. The fourth-order valence-electron chi connectivity index (χ4n) is 3.55. The number of rotatable bonds is 6. The Morgan fingerprint density at radius 1 is 1.33 bits per heavy atom. The van der Waals surface area contributed by atoms with Gasteiger partial charge in [-0.05, 0) is 45.6 Å². The summed E-state index contributed by atoms with van der Waals surface area (Å²) in [7, 11) is 2.29. The highest BCUT2D eigenvalue weighted by atomic mass is 15.3. The summed E-state index contributed by atoms with van der Waals surface area (Å²) in [6.45, 7) is 10.2. The first-order valence-corrected chi connectivity index (χ1v) is 7.65. The lowest BCUT2D eigenvalue weighted by atomic mass is 9.92. The summed E-state index contributed by atoms with van der Waals surface area (Å²) in [5.74, 6) is 0.762. The van der Waals surface area contributed by atoms with Crippen molar-refractivity contribution < 1.29 is 0 Å². The second kappa shape index (κ2) is 5.48. The number of nitrogens with zero attached hydrogens (tertiary/aromatic N) is 2. The summed E-state index contributed by atoms with van der Waals surface area (Å²) in [5.41, 5.74) is 6.39. The van der Waals surface area contributed by atoms with Crippen LogP contribution in [-0.2, 0) is 0 Å². The summed E-state index contributed by atoms with van der Waals surface area (Å²) in [6.07, 6.45) is 5.33. The molecule has 1 saturated heterocycles. The van der Waals surface area contributed by atoms with Crippen molar-refractivity contribution in [2.24, 2.45) is 11.7 Å². The SMILES string of the molecule is CC(C)CC(C)N(C)C1(CN)CCN(C2CC2)C1. The zero-order chi connectivity index (χ0) is 13.3. The zero-order valence-corrected chi connectivity index (χ0v) is 12.7. The van der Waals surface area contributed by atoms with Gasteiger partial charge in [0.05, 0.1) is 0 Å². The molecule has 2 atom stereocenters. The maximum Gasteiger partial charge on any atom is 0.0470 e. The third-order valence-corrected chi connectivity index (χ3v) is 5.03. The van der Waals surface area contributed by atoms with Crippen LogP contribution in [0.1, 0.15) is 46.5 Å². The minimum absolute atomic E-state index is 0.233. The first kappa shape index (κ1) is 14.3. The maximum absolute atomic E-state index is 6.15. The molecule has 0 amide bonds. The van der Waals surface area contributed by atoms with E-state index < -0.39 is 0 Å². The summed E-state index contributed by atoms with van der Waals surface area (Å²) >= 11 is 0. The van der Waals surface area contributed by atoms with Gasteiger partial charge in [-0.25, -0.2) is 0 Å². The Bertz CT molecular complexity index is 275. The average molecular weight is 253 g/mol. The van der Waals surface area contributed by atoms with Crippen LogP contribution in [0.2, 0.25) is 0 Å². The van der Waals surface area contributed by atoms with Gasteiger partial charge in [0.25, 0.3) is 0 Å². The van der Waals surface area contributed by atoms with Crippen molar-refractivity contribution in [2.45, 2.75) is 64.1 Å². The first-order valence-electron chi connectivity index (χ1n) is 7.65. The van der Waals surface area contributed by atoms with Gasteiger partial charge in [-0.15, -0.1) is 0 Å². The van der Waals surface area contributed by atoms with Crippen LogP contribution in [0.15, 0.2) is 0 Å². The van der Waals surface area contributed by atoms with Crippen molar-refractivity contribution in [3.8, 4) is 0 Å². The molecule has 106 valence electrons. The van der Waals surface area contributed by atoms with Crippen LogP contribution < -0.4 is 5.73 Å². The molecular formula is C15H31N3. The topological polar surface area (TPSA) is 32.5 Å². The lowest BCUT2D eigenvalue weighted by Crippen LogP contribution is -2.57. The molecule has 3 nitrogen and oxygen atoms in total. The van der Waals surface area contributed by atoms with E-state index in [1.807, 2.05) is 0 Å². The number of hydrogen-bond acceptors (Lipinski definition) is 3. The van der Waals surface area contributed by atoms with Crippen molar-refractivity contribution in [2.75, 3.05) is 26.7 Å². The molecule has 2 N–H and O–H groups in total. The van der Waals surface area contributed by atoms with Gasteiger partial charge in [-0.1, -0.05) is 13.8 Å². The number of likely N-dealkylation sites (N-methyl/N-ethyl adjacent to an activating group) is 1. The molecule has 1 aliphatic heterocycles. The zero-order valence-electron chi connectivity index (χ0n) is 12.7. The Hall–Kier alpha value is -0.120. The molecule has 2 rings (SSSR count). The van der Waals surface area contributed by atoms with E-state index in [4.69, 9.17) is 5.73 Å². The lowest BCUT2D eigenvalue weighted by molar-refractivity contribution is 0.0786. The molecule has 2 fully saturated rings. The average Bonchev–Trinajstić information content (AvgIpc) is 3.08. The molecule has 0 bridgehead atoms. The second-order valence-corrected chi connectivity index (χ2v) is 6.97. The van der Waals surface area contributed by atoms with E-state index in [9.17, 15) is 0 Å². The first-order chi connectivity index (χ1) is 8.48. The van der Waals surface area contributed by atoms with E-state index in [1.165, 1.54) is 38.8 Å². The van der Waals surface area contributed by atoms with Crippen molar-refractivity contribution >= 4 is 0 Å². The van der Waals surface area contributed by atoms with Gasteiger partial charge in [0.15, 0.2) is 0 Å². The predicted molar refractivity (Wildman–Crippen MR) is 77.7 cm³/mol. The molecular weight excluding hydrogens is 222 g/mol. The maximum atomic E-state index is 6.15. The normalized spacial score (nSPS) is 31.5. The van der Waals surface area contributed by atoms with Crippen LogP contribution in [0.3, 0.4) is 0 Å². The van der Waals surface area contributed by atoms with Crippen molar-refractivity contribution in [3.05, 3.63) is 0 Å². The van der Waals surface area contributed by atoms with E-state index in [0.29, 0.717) is 6.04 Å². The van der Waals surface area contributed by atoms with Gasteiger partial charge in [-0.3, -0.25) is 9.80 Å². The highest BCUT2D eigenvalue weighted by Gasteiger charge is 2.45. The molecule has 1 saturated carbocycles. The Kier molecular flexibility index (Phi) is 4.35. The molecule has 2 unspecified atom stereocenters. The summed E-state index contributed by atoms with van der Waals surface area (Å²) in [4.78, 5) is 5.25. The molecule has 1 aliphatic carbocycles. The summed E-state index contributed by atoms with van der Waals surface area (Å²) in [5, 5.41) is 0. The number of likely N-dealkylation sites (tertiary alicyclic amines) is 1. The third kappa shape index (κ3) is 2.89. The van der Waals surface area contributed by atoms with Gasteiger partial charge in [-0.2, -0.15) is 0 Å². The van der Waals surface area contributed by atoms with Gasteiger partial charge in [0.2, 0.25) is 0 Å². The van der Waals surface area contributed by atoms with E-state index in [0.717, 1.165) is 18.5 Å². The molecule has 1 heterocycles. The van der Waals surface area contributed by atoms with Crippen LogP contribution in [0, 0.1) is 5.92 Å². The molecule has 0 aromatic carbocycles. The molecule has 2 aliphatic rings. The highest BCUT2D eigenvalue weighted by Crippen LogP contribution is 2.36. The fourth-order valence-corrected chi connectivity index (χ4v) is 3.55. The number of nitrogens with two attached hydrogens (primary N) is 1. The van der Waals surface area contributed by atoms with E-state index in [-0.39, 0.29) is 5.54 Å². The fraction of sp³-hybridized carbons (Fsp3) is 1.00. The third-order valence-electron chi connectivity index (χ3n) is 5.03. The molecule has 18 heavy (non-hydrogen) atoms. The van der Waals surface area contributed by atoms with E-state index in [2.05, 4.69) is 37.6 Å². The molecule has 3 heteroatoms. The van der Waals surface area contributed by atoms with E-state index >= 15 is 0 Å². The van der Waals surface area contributed by atoms with Gasteiger partial charge >= 0.3 is 0 Å². The summed E-state index contributed by atoms with van der Waals surface area (Å²) < 4.78 is 0. The van der Waals surface area contributed by atoms with Crippen LogP contribution in [0.4, 0.5) is 0 Å². The van der Waals surface area contributed by atoms with Crippen LogP contribution in [0.5, 0.6) is 0 Å². The standard InChI is InChI=1S/C15H31N3/c1-12(2)9-13(3)17(4)15(10-16)7-8-18(11-15)14-5-6-14/h12-14H,5-11,16H2,1-4H3. The molecule has 0 radical (unpaired) electrons. The van der Waals surface area contributed by atoms with Gasteiger partial charge < -0.3 is 5.73 Å². The van der Waals surface area contributed by atoms with Crippen molar-refractivity contribution in [3.63, 3.8) is 0 Å². The molecule has 0 spiro atoms. The quantitative estimate of drug-likeness (QED) is 0.785. The van der Waals surface area contributed by atoms with Crippen LogP contribution in [-0.4, -0.2) is 54.1 Å². The smallest absolute Gasteiger partial charge is 0.0470 e. The Balaban J connectivity index is 1.98. The number of hydrogen-bond donors (Lipinski definition) is 1. The van der Waals surface area contributed by atoms with Crippen molar-refractivity contribution in [1.29, 1.82) is 0 Å². The van der Waals surface area contributed by atoms with Crippen molar-refractivity contribution in [1.82, 2.24) is 9.80 Å². The minimum atomic E-state index is 0.233. The monoisotopic (exact) mass is 253 g/mol. The Morgan fingerprint density at radius 3 is 2.50 bits per heavy atom. The van der Waals surface area contributed by atoms with Crippen LogP contribution >= 0.6 is 0 Å². The minimum Gasteiger partial charge on any atom is -0.329 e. The predicted octanol–water partition coefficient (Wildman–Crippen LogP) is 1.92. The van der Waals surface area contributed by atoms with Gasteiger partial charge in [0.1, 0.15) is 0 Å². The Morgan fingerprint density at radius 2 is 2.00 bits per heavy atom. The highest BCUT2D eigenvalue weighted by molar-refractivity contribution is 5.03. The Labute approximate surface area is 113 Å². The second-order valence-electron chi connectivity index (χ2n) is 6.97. The largest absolute Gasteiger partial charge is 0.329 e. The lowest BCUT2D eigenvalue weighted by Gasteiger charge is -2.42. The van der Waals surface area contributed by atoms with E-state index in [1.54, 1.807) is 0 Å².